The summed E-state index contributed by atoms with van der Waals surface area (Å²) in [4.78, 5) is 21.5. The Morgan fingerprint density at radius 2 is 2.07 bits per heavy atom. The van der Waals surface area contributed by atoms with Gasteiger partial charge in [-0.05, 0) is 62.5 Å². The van der Waals surface area contributed by atoms with Crippen molar-refractivity contribution in [2.24, 2.45) is 0 Å². The van der Waals surface area contributed by atoms with Gasteiger partial charge in [-0.2, -0.15) is 0 Å². The minimum atomic E-state index is -0.945. The van der Waals surface area contributed by atoms with Gasteiger partial charge in [-0.15, -0.1) is 0 Å². The Morgan fingerprint density at radius 3 is 2.80 bits per heavy atom. The number of nitrogens with one attached hydrogen (secondary N) is 1. The molecule has 0 spiro atoms. The first-order valence-electron chi connectivity index (χ1n) is 9.65. The molecule has 1 N–H and O–H groups in total. The summed E-state index contributed by atoms with van der Waals surface area (Å²) in [5.74, 6) is -2.21. The van der Waals surface area contributed by atoms with Crippen LogP contribution in [0.25, 0.3) is 16.3 Å². The fraction of sp³-hybridized carbons (Fsp3) is 0.273. The molecular formula is C22H22F2N4OS. The second-order valence-corrected chi connectivity index (χ2v) is 8.54. The summed E-state index contributed by atoms with van der Waals surface area (Å²) in [6.07, 6.45) is 3.85. The van der Waals surface area contributed by atoms with Crippen LogP contribution < -0.4 is 10.2 Å². The molecule has 1 aromatic heterocycles. The van der Waals surface area contributed by atoms with Crippen molar-refractivity contribution in [3.63, 3.8) is 0 Å². The molecule has 156 valence electrons. The van der Waals surface area contributed by atoms with E-state index in [1.165, 1.54) is 18.2 Å². The first kappa shape index (κ1) is 20.4. The van der Waals surface area contributed by atoms with Crippen molar-refractivity contribution in [3.8, 4) is 0 Å². The molecule has 0 aliphatic carbocycles. The minimum Gasteiger partial charge on any atom is -0.346 e. The number of halogens is 2. The van der Waals surface area contributed by atoms with Crippen LogP contribution in [0.2, 0.25) is 0 Å². The van der Waals surface area contributed by atoms with Gasteiger partial charge in [-0.3, -0.25) is 4.79 Å². The lowest BCUT2D eigenvalue weighted by atomic mass is 10.2. The second kappa shape index (κ2) is 8.49. The van der Waals surface area contributed by atoms with Crippen LogP contribution >= 0.6 is 11.3 Å². The highest BCUT2D eigenvalue weighted by Gasteiger charge is 2.26. The highest BCUT2D eigenvalue weighted by atomic mass is 32.1. The van der Waals surface area contributed by atoms with E-state index < -0.39 is 11.6 Å². The summed E-state index contributed by atoms with van der Waals surface area (Å²) in [7, 11) is 4.20. The predicted molar refractivity (Wildman–Crippen MR) is 118 cm³/mol. The zero-order chi connectivity index (χ0) is 21.3. The van der Waals surface area contributed by atoms with E-state index in [1.807, 2.05) is 18.2 Å². The van der Waals surface area contributed by atoms with E-state index in [4.69, 9.17) is 4.98 Å². The Kier molecular flexibility index (Phi) is 5.78. The van der Waals surface area contributed by atoms with E-state index in [-0.39, 0.29) is 5.91 Å². The van der Waals surface area contributed by atoms with Crippen molar-refractivity contribution in [3.05, 3.63) is 59.7 Å². The topological polar surface area (TPSA) is 48.5 Å². The van der Waals surface area contributed by atoms with Gasteiger partial charge < -0.3 is 15.1 Å². The fourth-order valence-corrected chi connectivity index (χ4v) is 4.47. The lowest BCUT2D eigenvalue weighted by Crippen LogP contribution is -2.31. The molecule has 1 saturated heterocycles. The lowest BCUT2D eigenvalue weighted by molar-refractivity contribution is -0.111. The number of benzene rings is 2. The van der Waals surface area contributed by atoms with E-state index in [9.17, 15) is 13.6 Å². The Balaban J connectivity index is 1.44. The summed E-state index contributed by atoms with van der Waals surface area (Å²) in [5, 5.41) is 3.79. The number of anilines is 2. The van der Waals surface area contributed by atoms with Crippen LogP contribution in [0.15, 0.2) is 42.5 Å². The summed E-state index contributed by atoms with van der Waals surface area (Å²) >= 11 is 1.61. The Morgan fingerprint density at radius 1 is 1.23 bits per heavy atom. The van der Waals surface area contributed by atoms with E-state index in [2.05, 4.69) is 29.2 Å². The average molecular weight is 429 g/mol. The summed E-state index contributed by atoms with van der Waals surface area (Å²) < 4.78 is 27.2. The maximum absolute atomic E-state index is 13.3. The van der Waals surface area contributed by atoms with Crippen LogP contribution in [-0.2, 0) is 4.79 Å². The molecule has 1 fully saturated rings. The van der Waals surface area contributed by atoms with Crippen molar-refractivity contribution in [1.29, 1.82) is 0 Å². The highest BCUT2D eigenvalue weighted by Crippen LogP contribution is 2.33. The van der Waals surface area contributed by atoms with Crippen LogP contribution in [0.3, 0.4) is 0 Å². The zero-order valence-electron chi connectivity index (χ0n) is 16.7. The average Bonchev–Trinajstić information content (AvgIpc) is 3.35. The molecule has 1 aliphatic heterocycles. The number of aromatic nitrogens is 1. The van der Waals surface area contributed by atoms with Crippen LogP contribution in [0.4, 0.5) is 19.6 Å². The largest absolute Gasteiger partial charge is 0.346 e. The predicted octanol–water partition coefficient (Wildman–Crippen LogP) is 4.37. The molecule has 0 radical (unpaired) electrons. The fourth-order valence-electron chi connectivity index (χ4n) is 3.43. The van der Waals surface area contributed by atoms with Gasteiger partial charge in [0.2, 0.25) is 5.91 Å². The van der Waals surface area contributed by atoms with Crippen molar-refractivity contribution in [2.75, 3.05) is 37.4 Å². The van der Waals surface area contributed by atoms with Crippen molar-refractivity contribution < 1.29 is 13.6 Å². The molecule has 30 heavy (non-hydrogen) atoms. The number of likely N-dealkylation sites (N-methyl/N-ethyl adjacent to an activating group) is 1. The van der Waals surface area contributed by atoms with Gasteiger partial charge >= 0.3 is 0 Å². The third kappa shape index (κ3) is 4.49. The minimum absolute atomic E-state index is 0.350. The first-order valence-corrected chi connectivity index (χ1v) is 10.5. The third-order valence-electron chi connectivity index (χ3n) is 5.18. The monoisotopic (exact) mass is 428 g/mol. The van der Waals surface area contributed by atoms with Gasteiger partial charge in [0.05, 0.1) is 10.2 Å². The SMILES string of the molecule is CN(C)[C@@H]1CCN(c2nc3ccc(NC(=O)/C=C/c4ccc(F)c(F)c4)cc3s2)C1. The van der Waals surface area contributed by atoms with Gasteiger partial charge in [0.1, 0.15) is 0 Å². The molecule has 3 aromatic rings. The number of fused-ring (bicyclic) bond motifs is 1. The van der Waals surface area contributed by atoms with Crippen LogP contribution in [0, 0.1) is 11.6 Å². The van der Waals surface area contributed by atoms with Crippen LogP contribution in [0.5, 0.6) is 0 Å². The van der Waals surface area contributed by atoms with E-state index >= 15 is 0 Å². The molecule has 1 atom stereocenters. The number of carbonyl (C=O) groups excluding carboxylic acids is 1. The Labute approximate surface area is 177 Å². The Bertz CT molecular complexity index is 1110. The van der Waals surface area contributed by atoms with Gasteiger partial charge in [0.15, 0.2) is 16.8 Å². The van der Waals surface area contributed by atoms with Gasteiger partial charge in [-0.1, -0.05) is 17.4 Å². The molecule has 0 unspecified atom stereocenters. The van der Waals surface area contributed by atoms with E-state index in [0.717, 1.165) is 47.0 Å². The van der Waals surface area contributed by atoms with E-state index in [1.54, 1.807) is 11.3 Å². The summed E-state index contributed by atoms with van der Waals surface area (Å²) in [5.41, 5.74) is 1.97. The maximum Gasteiger partial charge on any atom is 0.248 e. The van der Waals surface area contributed by atoms with Crippen LogP contribution in [0.1, 0.15) is 12.0 Å². The molecular weight excluding hydrogens is 406 g/mol. The standard InChI is InChI=1S/C22H22F2N4OS/c1-27(2)16-9-10-28(13-16)22-26-19-7-5-15(12-20(19)30-22)25-21(29)8-4-14-3-6-17(23)18(24)11-14/h3-8,11-12,16H,9-10,13H2,1-2H3,(H,25,29)/b8-4+/t16-/m1/s1. The summed E-state index contributed by atoms with van der Waals surface area (Å²) in [6.45, 7) is 1.95. The number of nitrogens with zero attached hydrogens (tertiary/aromatic N) is 3. The molecule has 5 nitrogen and oxygen atoms in total. The molecule has 1 amide bonds. The maximum atomic E-state index is 13.3. The molecule has 8 heteroatoms. The van der Waals surface area contributed by atoms with Gasteiger partial charge in [0, 0.05) is 30.9 Å². The number of amides is 1. The third-order valence-corrected chi connectivity index (χ3v) is 6.26. The number of carbonyl (C=O) groups is 1. The molecule has 4 rings (SSSR count). The van der Waals surface area contributed by atoms with Crippen molar-refractivity contribution >= 4 is 44.4 Å². The normalized spacial score (nSPS) is 16.8. The number of thiazole rings is 1. The quantitative estimate of drug-likeness (QED) is 0.614. The number of hydrogen-bond donors (Lipinski definition) is 1. The van der Waals surface area contributed by atoms with Crippen molar-refractivity contribution in [1.82, 2.24) is 9.88 Å². The second-order valence-electron chi connectivity index (χ2n) is 7.53. The first-order chi connectivity index (χ1) is 14.4. The van der Waals surface area contributed by atoms with Gasteiger partial charge in [0.25, 0.3) is 0 Å². The Hall–Kier alpha value is -2.84. The van der Waals surface area contributed by atoms with E-state index in [0.29, 0.717) is 17.3 Å². The molecule has 0 bridgehead atoms. The number of hydrogen-bond acceptors (Lipinski definition) is 5. The summed E-state index contributed by atoms with van der Waals surface area (Å²) in [6, 6.07) is 9.62. The van der Waals surface area contributed by atoms with Crippen molar-refractivity contribution in [2.45, 2.75) is 12.5 Å². The molecule has 2 heterocycles. The van der Waals surface area contributed by atoms with Gasteiger partial charge in [-0.25, -0.2) is 13.8 Å². The lowest BCUT2D eigenvalue weighted by Gasteiger charge is -2.19. The molecule has 1 aliphatic rings. The van der Waals surface area contributed by atoms with Crippen LogP contribution in [-0.4, -0.2) is 49.0 Å². The molecule has 0 saturated carbocycles. The smallest absolute Gasteiger partial charge is 0.248 e. The zero-order valence-corrected chi connectivity index (χ0v) is 17.5. The number of rotatable bonds is 5. The highest BCUT2D eigenvalue weighted by molar-refractivity contribution is 7.22. The molecule has 2 aromatic carbocycles.